The normalized spacial score (nSPS) is 20.2. The number of anilines is 2. The van der Waals surface area contributed by atoms with E-state index in [0.717, 1.165) is 31.7 Å². The Bertz CT molecular complexity index is 774. The molecule has 0 amide bonds. The second kappa shape index (κ2) is 7.85. The lowest BCUT2D eigenvalue weighted by atomic mass is 9.90. The van der Waals surface area contributed by atoms with Crippen LogP contribution in [-0.4, -0.2) is 34.1 Å². The Morgan fingerprint density at radius 2 is 2.16 bits per heavy atom. The lowest BCUT2D eigenvalue weighted by Crippen LogP contribution is -2.46. The molecule has 0 bridgehead atoms. The first-order chi connectivity index (χ1) is 12.1. The van der Waals surface area contributed by atoms with Gasteiger partial charge in [-0.2, -0.15) is 10.2 Å². The Morgan fingerprint density at radius 3 is 2.84 bits per heavy atom. The third-order valence-electron chi connectivity index (χ3n) is 4.50. The summed E-state index contributed by atoms with van der Waals surface area (Å²) in [5.41, 5.74) is 0.572. The molecule has 2 unspecified atom stereocenters. The van der Waals surface area contributed by atoms with Gasteiger partial charge in [-0.15, -0.1) is 0 Å². The van der Waals surface area contributed by atoms with Gasteiger partial charge in [0.25, 0.3) is 0 Å². The molecule has 1 fully saturated rings. The van der Waals surface area contributed by atoms with E-state index in [-0.39, 0.29) is 11.3 Å². The van der Waals surface area contributed by atoms with Crippen molar-refractivity contribution in [2.24, 2.45) is 5.92 Å². The first-order valence-corrected chi connectivity index (χ1v) is 8.92. The van der Waals surface area contributed by atoms with Gasteiger partial charge in [-0.3, -0.25) is 0 Å². The Labute approximate surface area is 156 Å². The Kier molecular flexibility index (Phi) is 5.57. The predicted octanol–water partition coefficient (Wildman–Crippen LogP) is 3.77. The van der Waals surface area contributed by atoms with E-state index in [4.69, 9.17) is 28.5 Å². The van der Waals surface area contributed by atoms with E-state index in [1.807, 2.05) is 6.07 Å². The van der Waals surface area contributed by atoms with Crippen LogP contribution in [0.4, 0.5) is 11.6 Å². The molecule has 0 saturated carbocycles. The van der Waals surface area contributed by atoms with Crippen LogP contribution in [0.15, 0.2) is 24.5 Å². The van der Waals surface area contributed by atoms with Crippen molar-refractivity contribution in [2.45, 2.75) is 25.8 Å². The van der Waals surface area contributed by atoms with Crippen molar-refractivity contribution >= 4 is 34.8 Å². The summed E-state index contributed by atoms with van der Waals surface area (Å²) in [5, 5.41) is 13.0. The number of aromatic nitrogens is 3. The molecule has 0 spiro atoms. The summed E-state index contributed by atoms with van der Waals surface area (Å²) in [6.07, 6.45) is 5.07. The fraction of sp³-hybridized carbons (Fsp3) is 0.412. The van der Waals surface area contributed by atoms with Gasteiger partial charge in [0.2, 0.25) is 5.28 Å². The molecule has 0 aromatic carbocycles. The summed E-state index contributed by atoms with van der Waals surface area (Å²) in [6.45, 7) is 3.91. The maximum Gasteiger partial charge on any atom is 0.224 e. The molecule has 1 aliphatic heterocycles. The lowest BCUT2D eigenvalue weighted by molar-refractivity contribution is 0.365. The number of rotatable bonds is 4. The summed E-state index contributed by atoms with van der Waals surface area (Å²) in [4.78, 5) is 14.7. The van der Waals surface area contributed by atoms with Crippen molar-refractivity contribution in [2.75, 3.05) is 23.3 Å². The quantitative estimate of drug-likeness (QED) is 0.818. The molecule has 3 rings (SSSR count). The van der Waals surface area contributed by atoms with Crippen LogP contribution in [0, 0.1) is 17.2 Å². The lowest BCUT2D eigenvalue weighted by Gasteiger charge is -2.39. The van der Waals surface area contributed by atoms with Crippen LogP contribution in [0.1, 0.15) is 25.3 Å². The number of pyridine rings is 1. The number of nitrogens with one attached hydrogen (secondary N) is 1. The second-order valence-corrected chi connectivity index (χ2v) is 6.75. The molecule has 1 saturated heterocycles. The van der Waals surface area contributed by atoms with Crippen molar-refractivity contribution in [1.29, 1.82) is 5.26 Å². The smallest absolute Gasteiger partial charge is 0.224 e. The SMILES string of the molecule is CCC1CN(c2ccc(C#N)cn2)CCC1Nc1nc(Cl)ncc1Cl. The van der Waals surface area contributed by atoms with Crippen LogP contribution in [-0.2, 0) is 0 Å². The molecule has 2 aromatic rings. The topological polar surface area (TPSA) is 77.7 Å². The molecular weight excluding hydrogens is 359 g/mol. The van der Waals surface area contributed by atoms with E-state index >= 15 is 0 Å². The summed E-state index contributed by atoms with van der Waals surface area (Å²) in [7, 11) is 0. The molecule has 1 aliphatic rings. The van der Waals surface area contributed by atoms with Crippen molar-refractivity contribution in [3.05, 3.63) is 40.4 Å². The molecule has 130 valence electrons. The number of nitrogens with zero attached hydrogens (tertiary/aromatic N) is 5. The number of halogens is 2. The molecule has 2 atom stereocenters. The van der Waals surface area contributed by atoms with Gasteiger partial charge in [-0.05, 0) is 42.5 Å². The summed E-state index contributed by atoms with van der Waals surface area (Å²) in [5.74, 6) is 1.89. The van der Waals surface area contributed by atoms with Crippen LogP contribution in [0.2, 0.25) is 10.3 Å². The highest BCUT2D eigenvalue weighted by atomic mass is 35.5. The number of piperidine rings is 1. The number of nitriles is 1. The third kappa shape index (κ3) is 4.12. The van der Waals surface area contributed by atoms with E-state index in [9.17, 15) is 0 Å². The summed E-state index contributed by atoms with van der Waals surface area (Å²) >= 11 is 12.0. The monoisotopic (exact) mass is 376 g/mol. The number of hydrogen-bond acceptors (Lipinski definition) is 6. The maximum atomic E-state index is 8.89. The van der Waals surface area contributed by atoms with E-state index in [2.05, 4.69) is 38.2 Å². The van der Waals surface area contributed by atoms with Gasteiger partial charge in [0.05, 0.1) is 11.8 Å². The zero-order chi connectivity index (χ0) is 17.8. The fourth-order valence-electron chi connectivity index (χ4n) is 3.11. The Morgan fingerprint density at radius 1 is 1.32 bits per heavy atom. The molecule has 0 radical (unpaired) electrons. The van der Waals surface area contributed by atoms with Crippen LogP contribution in [0.25, 0.3) is 0 Å². The van der Waals surface area contributed by atoms with Crippen molar-refractivity contribution in [3.63, 3.8) is 0 Å². The molecule has 2 aromatic heterocycles. The molecule has 1 N–H and O–H groups in total. The van der Waals surface area contributed by atoms with Crippen LogP contribution in [0.5, 0.6) is 0 Å². The van der Waals surface area contributed by atoms with Crippen molar-refractivity contribution in [3.8, 4) is 6.07 Å². The van der Waals surface area contributed by atoms with Gasteiger partial charge >= 0.3 is 0 Å². The van der Waals surface area contributed by atoms with Crippen LogP contribution >= 0.6 is 23.2 Å². The summed E-state index contributed by atoms with van der Waals surface area (Å²) < 4.78 is 0. The average Bonchev–Trinajstić information content (AvgIpc) is 2.65. The molecule has 25 heavy (non-hydrogen) atoms. The van der Waals surface area contributed by atoms with Crippen molar-refractivity contribution < 1.29 is 0 Å². The highest BCUT2D eigenvalue weighted by Crippen LogP contribution is 2.28. The van der Waals surface area contributed by atoms with Gasteiger partial charge in [0.15, 0.2) is 0 Å². The zero-order valence-corrected chi connectivity index (χ0v) is 15.3. The van der Waals surface area contributed by atoms with E-state index < -0.39 is 0 Å². The van der Waals surface area contributed by atoms with E-state index in [0.29, 0.717) is 22.3 Å². The molecule has 6 nitrogen and oxygen atoms in total. The fourth-order valence-corrected chi connectivity index (χ4v) is 3.38. The first kappa shape index (κ1) is 17.7. The average molecular weight is 377 g/mol. The Balaban J connectivity index is 1.71. The van der Waals surface area contributed by atoms with E-state index in [1.165, 1.54) is 6.20 Å². The van der Waals surface area contributed by atoms with Crippen molar-refractivity contribution in [1.82, 2.24) is 15.0 Å². The highest BCUT2D eigenvalue weighted by Gasteiger charge is 2.29. The second-order valence-electron chi connectivity index (χ2n) is 6.01. The van der Waals surface area contributed by atoms with Crippen LogP contribution < -0.4 is 10.2 Å². The third-order valence-corrected chi connectivity index (χ3v) is 4.95. The largest absolute Gasteiger partial charge is 0.366 e. The minimum atomic E-state index is 0.180. The molecule has 0 aliphatic carbocycles. The van der Waals surface area contributed by atoms with Gasteiger partial charge < -0.3 is 10.2 Å². The number of hydrogen-bond donors (Lipinski definition) is 1. The molecule has 3 heterocycles. The molecule has 8 heteroatoms. The maximum absolute atomic E-state index is 8.89. The summed E-state index contributed by atoms with van der Waals surface area (Å²) in [6, 6.07) is 6.05. The van der Waals surface area contributed by atoms with E-state index in [1.54, 1.807) is 12.3 Å². The minimum Gasteiger partial charge on any atom is -0.366 e. The van der Waals surface area contributed by atoms with Gasteiger partial charge in [-0.1, -0.05) is 18.5 Å². The zero-order valence-electron chi connectivity index (χ0n) is 13.8. The first-order valence-electron chi connectivity index (χ1n) is 8.16. The van der Waals surface area contributed by atoms with Gasteiger partial charge in [0.1, 0.15) is 22.7 Å². The predicted molar refractivity (Wildman–Crippen MR) is 99.0 cm³/mol. The van der Waals surface area contributed by atoms with Crippen LogP contribution in [0.3, 0.4) is 0 Å². The minimum absolute atomic E-state index is 0.180. The van der Waals surface area contributed by atoms with Gasteiger partial charge in [0, 0.05) is 25.3 Å². The van der Waals surface area contributed by atoms with Gasteiger partial charge in [-0.25, -0.2) is 9.97 Å². The highest BCUT2D eigenvalue weighted by molar-refractivity contribution is 6.33. The Hall–Kier alpha value is -2.10. The molecular formula is C17H18Cl2N6. The standard InChI is InChI=1S/C17H18Cl2N6/c1-2-12-10-25(15-4-3-11(7-20)8-21-15)6-5-14(12)23-16-13(18)9-22-17(19)24-16/h3-4,8-9,12,14H,2,5-6,10H2,1H3,(H,22,23,24).